The van der Waals surface area contributed by atoms with Crippen LogP contribution < -0.4 is 9.80 Å². The molecule has 0 bridgehead atoms. The van der Waals surface area contributed by atoms with Crippen molar-refractivity contribution in [1.29, 1.82) is 0 Å². The SMILES string of the molecule is C[C@H]1CN(c2ccc(N3CCC(O)CC3)nn2)C[C@H](C2CC2)O1. The molecule has 6 nitrogen and oxygen atoms in total. The van der Waals surface area contributed by atoms with Crippen LogP contribution in [0.4, 0.5) is 11.6 Å². The first kappa shape index (κ1) is 15.1. The van der Waals surface area contributed by atoms with E-state index < -0.39 is 0 Å². The first-order valence-electron chi connectivity index (χ1n) is 8.86. The Kier molecular flexibility index (Phi) is 4.11. The van der Waals surface area contributed by atoms with Gasteiger partial charge in [-0.3, -0.25) is 0 Å². The molecule has 1 aliphatic carbocycles. The van der Waals surface area contributed by atoms with Crippen LogP contribution >= 0.6 is 0 Å². The summed E-state index contributed by atoms with van der Waals surface area (Å²) in [6, 6.07) is 4.14. The van der Waals surface area contributed by atoms with Gasteiger partial charge < -0.3 is 19.6 Å². The lowest BCUT2D eigenvalue weighted by Gasteiger charge is -2.37. The van der Waals surface area contributed by atoms with Crippen LogP contribution in [-0.2, 0) is 4.74 Å². The van der Waals surface area contributed by atoms with Crippen molar-refractivity contribution < 1.29 is 9.84 Å². The Hall–Kier alpha value is -1.40. The molecule has 6 heteroatoms. The van der Waals surface area contributed by atoms with E-state index in [1.54, 1.807) is 0 Å². The quantitative estimate of drug-likeness (QED) is 0.910. The topological polar surface area (TPSA) is 61.7 Å². The van der Waals surface area contributed by atoms with Crippen LogP contribution in [0.2, 0.25) is 0 Å². The number of anilines is 2. The molecular weight excluding hydrogens is 292 g/mol. The summed E-state index contributed by atoms with van der Waals surface area (Å²) in [7, 11) is 0. The van der Waals surface area contributed by atoms with Gasteiger partial charge in [0.15, 0.2) is 11.6 Å². The van der Waals surface area contributed by atoms with Gasteiger partial charge in [-0.2, -0.15) is 0 Å². The average molecular weight is 318 g/mol. The number of ether oxygens (including phenoxy) is 1. The summed E-state index contributed by atoms with van der Waals surface area (Å²) in [5.74, 6) is 2.61. The minimum Gasteiger partial charge on any atom is -0.393 e. The maximum atomic E-state index is 9.61. The van der Waals surface area contributed by atoms with Crippen LogP contribution in [0.1, 0.15) is 32.6 Å². The fourth-order valence-electron chi connectivity index (χ4n) is 3.65. The molecule has 1 aromatic rings. The molecule has 1 aromatic heterocycles. The average Bonchev–Trinajstić information content (AvgIpc) is 3.40. The second kappa shape index (κ2) is 6.24. The number of hydrogen-bond acceptors (Lipinski definition) is 6. The number of aromatic nitrogens is 2. The predicted octanol–water partition coefficient (Wildman–Crippen LogP) is 1.44. The highest BCUT2D eigenvalue weighted by molar-refractivity contribution is 5.46. The first-order chi connectivity index (χ1) is 11.2. The monoisotopic (exact) mass is 318 g/mol. The second-order valence-electron chi connectivity index (χ2n) is 7.20. The minimum absolute atomic E-state index is 0.160. The number of hydrogen-bond donors (Lipinski definition) is 1. The molecule has 4 rings (SSSR count). The van der Waals surface area contributed by atoms with Gasteiger partial charge in [-0.15, -0.1) is 10.2 Å². The van der Waals surface area contributed by atoms with Crippen LogP contribution in [0.3, 0.4) is 0 Å². The largest absolute Gasteiger partial charge is 0.393 e. The molecule has 3 aliphatic rings. The fourth-order valence-corrected chi connectivity index (χ4v) is 3.65. The van der Waals surface area contributed by atoms with Gasteiger partial charge in [-0.25, -0.2) is 0 Å². The number of morpholine rings is 1. The van der Waals surface area contributed by atoms with Gasteiger partial charge in [0.2, 0.25) is 0 Å². The molecule has 0 radical (unpaired) electrons. The van der Waals surface area contributed by atoms with Crippen molar-refractivity contribution in [2.75, 3.05) is 36.0 Å². The maximum Gasteiger partial charge on any atom is 0.151 e. The molecule has 3 fully saturated rings. The molecule has 23 heavy (non-hydrogen) atoms. The molecule has 2 saturated heterocycles. The molecule has 2 atom stereocenters. The van der Waals surface area contributed by atoms with E-state index in [0.29, 0.717) is 6.10 Å². The van der Waals surface area contributed by atoms with Crippen molar-refractivity contribution in [2.45, 2.75) is 50.9 Å². The van der Waals surface area contributed by atoms with Gasteiger partial charge in [-0.1, -0.05) is 0 Å². The molecule has 3 heterocycles. The van der Waals surface area contributed by atoms with Crippen LogP contribution in [0, 0.1) is 5.92 Å². The van der Waals surface area contributed by atoms with Crippen molar-refractivity contribution >= 4 is 11.6 Å². The predicted molar refractivity (Wildman–Crippen MR) is 88.8 cm³/mol. The van der Waals surface area contributed by atoms with Crippen molar-refractivity contribution in [3.63, 3.8) is 0 Å². The third kappa shape index (κ3) is 3.43. The van der Waals surface area contributed by atoms with Gasteiger partial charge in [0.1, 0.15) is 0 Å². The van der Waals surface area contributed by atoms with E-state index in [1.807, 2.05) is 0 Å². The fraction of sp³-hybridized carbons (Fsp3) is 0.765. The Bertz CT molecular complexity index is 526. The summed E-state index contributed by atoms with van der Waals surface area (Å²) in [4.78, 5) is 4.52. The molecule has 0 amide bonds. The Morgan fingerprint density at radius 2 is 1.65 bits per heavy atom. The van der Waals surface area contributed by atoms with Crippen molar-refractivity contribution in [1.82, 2.24) is 10.2 Å². The minimum atomic E-state index is -0.160. The molecule has 0 spiro atoms. The zero-order chi connectivity index (χ0) is 15.8. The van der Waals surface area contributed by atoms with E-state index in [2.05, 4.69) is 39.1 Å². The lowest BCUT2D eigenvalue weighted by molar-refractivity contribution is -0.0274. The third-order valence-corrected chi connectivity index (χ3v) is 5.18. The number of aliphatic hydroxyl groups is 1. The van der Waals surface area contributed by atoms with Gasteiger partial charge >= 0.3 is 0 Å². The van der Waals surface area contributed by atoms with E-state index in [4.69, 9.17) is 4.74 Å². The zero-order valence-corrected chi connectivity index (χ0v) is 13.8. The Labute approximate surface area is 137 Å². The van der Waals surface area contributed by atoms with Crippen molar-refractivity contribution in [2.24, 2.45) is 5.92 Å². The molecule has 0 aromatic carbocycles. The molecule has 1 saturated carbocycles. The third-order valence-electron chi connectivity index (χ3n) is 5.18. The normalized spacial score (nSPS) is 29.8. The first-order valence-corrected chi connectivity index (χ1v) is 8.86. The Balaban J connectivity index is 1.42. The number of piperidine rings is 1. The van der Waals surface area contributed by atoms with Crippen molar-refractivity contribution in [3.05, 3.63) is 12.1 Å². The van der Waals surface area contributed by atoms with E-state index in [9.17, 15) is 5.11 Å². The standard InChI is InChI=1S/C17H26N4O2/c1-12-10-21(11-15(23-12)13-2-3-13)17-5-4-16(18-19-17)20-8-6-14(22)7-9-20/h4-5,12-15,22H,2-3,6-11H2,1H3/t12-,15+/m0/s1. The second-order valence-corrected chi connectivity index (χ2v) is 7.20. The van der Waals surface area contributed by atoms with Crippen LogP contribution in [0.15, 0.2) is 12.1 Å². The smallest absolute Gasteiger partial charge is 0.151 e. The highest BCUT2D eigenvalue weighted by atomic mass is 16.5. The lowest BCUT2D eigenvalue weighted by atomic mass is 10.1. The highest BCUT2D eigenvalue weighted by Gasteiger charge is 2.37. The molecule has 126 valence electrons. The van der Waals surface area contributed by atoms with Crippen LogP contribution in [0.25, 0.3) is 0 Å². The Morgan fingerprint density at radius 3 is 2.26 bits per heavy atom. The molecule has 1 N–H and O–H groups in total. The molecule has 2 aliphatic heterocycles. The highest BCUT2D eigenvalue weighted by Crippen LogP contribution is 2.37. The van der Waals surface area contributed by atoms with Crippen molar-refractivity contribution in [3.8, 4) is 0 Å². The molecule has 0 unspecified atom stereocenters. The summed E-state index contributed by atoms with van der Waals surface area (Å²) in [6.07, 6.45) is 4.67. The number of aliphatic hydroxyl groups excluding tert-OH is 1. The Morgan fingerprint density at radius 1 is 1.00 bits per heavy atom. The van der Waals surface area contributed by atoms with Crippen LogP contribution in [-0.4, -0.2) is 59.8 Å². The zero-order valence-electron chi connectivity index (χ0n) is 13.8. The van der Waals surface area contributed by atoms with Gasteiger partial charge in [0, 0.05) is 26.2 Å². The van der Waals surface area contributed by atoms with Gasteiger partial charge in [0.05, 0.1) is 18.3 Å². The van der Waals surface area contributed by atoms with E-state index in [0.717, 1.165) is 56.6 Å². The summed E-state index contributed by atoms with van der Waals surface area (Å²) in [6.45, 7) is 5.66. The summed E-state index contributed by atoms with van der Waals surface area (Å²) in [5.41, 5.74) is 0. The van der Waals surface area contributed by atoms with Crippen LogP contribution in [0.5, 0.6) is 0 Å². The lowest BCUT2D eigenvalue weighted by Crippen LogP contribution is -2.48. The summed E-state index contributed by atoms with van der Waals surface area (Å²) in [5, 5.41) is 18.5. The summed E-state index contributed by atoms with van der Waals surface area (Å²) < 4.78 is 6.07. The van der Waals surface area contributed by atoms with E-state index >= 15 is 0 Å². The van der Waals surface area contributed by atoms with Gasteiger partial charge in [-0.05, 0) is 50.7 Å². The van der Waals surface area contributed by atoms with E-state index in [1.165, 1.54) is 12.8 Å². The van der Waals surface area contributed by atoms with E-state index in [-0.39, 0.29) is 12.2 Å². The maximum absolute atomic E-state index is 9.61. The molecular formula is C17H26N4O2. The van der Waals surface area contributed by atoms with Gasteiger partial charge in [0.25, 0.3) is 0 Å². The summed E-state index contributed by atoms with van der Waals surface area (Å²) >= 11 is 0. The number of rotatable bonds is 3. The number of nitrogens with zero attached hydrogens (tertiary/aromatic N) is 4.